The second-order valence-corrected chi connectivity index (χ2v) is 12.6. The number of benzene rings is 2. The Morgan fingerprint density at radius 3 is 2.44 bits per heavy atom. The van der Waals surface area contributed by atoms with E-state index in [0.717, 1.165) is 23.4 Å². The van der Waals surface area contributed by atoms with Crippen molar-refractivity contribution < 1.29 is 4.74 Å². The number of aryl methyl sites for hydroxylation is 1. The molecule has 2 aromatic heterocycles. The van der Waals surface area contributed by atoms with Crippen molar-refractivity contribution in [2.24, 2.45) is 5.41 Å². The van der Waals surface area contributed by atoms with E-state index in [-0.39, 0.29) is 16.4 Å². The van der Waals surface area contributed by atoms with Gasteiger partial charge >= 0.3 is 0 Å². The van der Waals surface area contributed by atoms with Crippen molar-refractivity contribution in [1.82, 2.24) is 4.98 Å². The third-order valence-electron chi connectivity index (χ3n) is 7.39. The molecule has 32 heavy (non-hydrogen) atoms. The highest BCUT2D eigenvalue weighted by atomic mass is 32.1. The third kappa shape index (κ3) is 3.08. The topological polar surface area (TPSA) is 22.1 Å². The number of pyridine rings is 1. The van der Waals surface area contributed by atoms with Crippen LogP contribution in [0.5, 0.6) is 5.75 Å². The molecule has 2 aromatic carbocycles. The van der Waals surface area contributed by atoms with Crippen LogP contribution in [-0.2, 0) is 11.8 Å². The van der Waals surface area contributed by atoms with E-state index in [2.05, 4.69) is 91.8 Å². The van der Waals surface area contributed by atoms with Gasteiger partial charge in [0.25, 0.3) is 0 Å². The predicted octanol–water partition coefficient (Wildman–Crippen LogP) is 8.46. The van der Waals surface area contributed by atoms with Crippen LogP contribution < -0.4 is 4.74 Å². The van der Waals surface area contributed by atoms with Crippen molar-refractivity contribution in [3.8, 4) is 17.0 Å². The van der Waals surface area contributed by atoms with Crippen molar-refractivity contribution >= 4 is 32.2 Å². The lowest BCUT2D eigenvalue weighted by molar-refractivity contribution is 0.0719. The lowest BCUT2D eigenvalue weighted by atomic mass is 9.72. The van der Waals surface area contributed by atoms with E-state index in [0.29, 0.717) is 0 Å². The zero-order valence-corrected chi connectivity index (χ0v) is 21.3. The average molecular weight is 444 g/mol. The minimum Gasteiger partial charge on any atom is -0.486 e. The van der Waals surface area contributed by atoms with Crippen LogP contribution in [0, 0.1) is 12.3 Å². The maximum atomic E-state index is 6.73. The molecule has 1 aliphatic rings. The van der Waals surface area contributed by atoms with Crippen LogP contribution in [0.4, 0.5) is 0 Å². The molecule has 4 aromatic rings. The first-order chi connectivity index (χ1) is 14.9. The monoisotopic (exact) mass is 443 g/mol. The van der Waals surface area contributed by atoms with Crippen LogP contribution in [0.2, 0.25) is 0 Å². The first-order valence-corrected chi connectivity index (χ1v) is 12.3. The molecular formula is C29H33NOS. The van der Waals surface area contributed by atoms with Gasteiger partial charge in [0, 0.05) is 27.6 Å². The SMILES string of the molecule is Cc1c(CC(C)(C)C)sc2c(-c3cc4ccccc4c4c3OC(C)(C)C4(C)C)nccc12. The van der Waals surface area contributed by atoms with Gasteiger partial charge in [0.05, 0.1) is 10.4 Å². The molecule has 0 aliphatic carbocycles. The van der Waals surface area contributed by atoms with E-state index in [1.54, 1.807) is 0 Å². The van der Waals surface area contributed by atoms with Gasteiger partial charge < -0.3 is 4.74 Å². The van der Waals surface area contributed by atoms with Gasteiger partial charge in [0.2, 0.25) is 0 Å². The molecule has 0 bridgehead atoms. The fraction of sp³-hybridized carbons (Fsp3) is 0.414. The van der Waals surface area contributed by atoms with Crippen molar-refractivity contribution in [3.63, 3.8) is 0 Å². The zero-order valence-electron chi connectivity index (χ0n) is 20.5. The summed E-state index contributed by atoms with van der Waals surface area (Å²) in [7, 11) is 0. The molecule has 0 spiro atoms. The van der Waals surface area contributed by atoms with Crippen LogP contribution in [0.25, 0.3) is 32.1 Å². The number of thiophene rings is 1. The number of ether oxygens (including phenoxy) is 1. The third-order valence-corrected chi connectivity index (χ3v) is 8.70. The molecular weight excluding hydrogens is 410 g/mol. The largest absolute Gasteiger partial charge is 0.486 e. The summed E-state index contributed by atoms with van der Waals surface area (Å²) in [6.07, 6.45) is 3.04. The number of aromatic nitrogens is 1. The lowest BCUT2D eigenvalue weighted by Gasteiger charge is -2.33. The number of rotatable bonds is 2. The molecule has 2 nitrogen and oxygen atoms in total. The predicted molar refractivity (Wildman–Crippen MR) is 138 cm³/mol. The Kier molecular flexibility index (Phi) is 4.56. The van der Waals surface area contributed by atoms with Gasteiger partial charge in [-0.15, -0.1) is 11.3 Å². The molecule has 1 aliphatic heterocycles. The van der Waals surface area contributed by atoms with Crippen LogP contribution in [0.1, 0.15) is 64.5 Å². The standard InChI is InChI=1S/C29H33NOS/c1-17-19-13-14-30-24(26(19)32-22(17)16-27(2,3)4)21-15-18-11-9-10-12-20(18)23-25(21)31-29(7,8)28(23,5)6/h9-15H,16H2,1-8H3. The van der Waals surface area contributed by atoms with E-state index < -0.39 is 0 Å². The number of hydrogen-bond donors (Lipinski definition) is 0. The Morgan fingerprint density at radius 1 is 1.00 bits per heavy atom. The molecule has 3 heteroatoms. The van der Waals surface area contributed by atoms with Crippen molar-refractivity contribution in [2.75, 3.05) is 0 Å². The first kappa shape index (κ1) is 21.5. The molecule has 0 saturated heterocycles. The summed E-state index contributed by atoms with van der Waals surface area (Å²) in [6.45, 7) is 18.2. The van der Waals surface area contributed by atoms with Gasteiger partial charge in [0.15, 0.2) is 0 Å². The second kappa shape index (κ2) is 6.81. The average Bonchev–Trinajstić information content (AvgIpc) is 3.10. The molecule has 0 saturated carbocycles. The Hall–Kier alpha value is -2.39. The van der Waals surface area contributed by atoms with Crippen LogP contribution in [0.3, 0.4) is 0 Å². The normalized spacial score (nSPS) is 17.0. The minimum atomic E-state index is -0.301. The summed E-state index contributed by atoms with van der Waals surface area (Å²) in [6, 6.07) is 13.2. The van der Waals surface area contributed by atoms with Crippen molar-refractivity contribution in [3.05, 3.63) is 58.6 Å². The fourth-order valence-corrected chi connectivity index (χ4v) is 6.56. The quantitative estimate of drug-likeness (QED) is 0.310. The minimum absolute atomic E-state index is 0.116. The van der Waals surface area contributed by atoms with E-state index in [4.69, 9.17) is 9.72 Å². The van der Waals surface area contributed by atoms with Crippen LogP contribution >= 0.6 is 11.3 Å². The summed E-state index contributed by atoms with van der Waals surface area (Å²) in [4.78, 5) is 6.40. The molecule has 166 valence electrons. The molecule has 0 fully saturated rings. The molecule has 0 atom stereocenters. The van der Waals surface area contributed by atoms with E-state index >= 15 is 0 Å². The maximum absolute atomic E-state index is 6.73. The molecule has 0 radical (unpaired) electrons. The maximum Gasteiger partial charge on any atom is 0.134 e. The van der Waals surface area contributed by atoms with Crippen LogP contribution in [-0.4, -0.2) is 10.6 Å². The Bertz CT molecular complexity index is 1370. The van der Waals surface area contributed by atoms with Gasteiger partial charge in [-0.05, 0) is 66.5 Å². The van der Waals surface area contributed by atoms with Gasteiger partial charge in [0.1, 0.15) is 11.4 Å². The summed E-state index contributed by atoms with van der Waals surface area (Å²) in [5.41, 5.74) is 4.69. The molecule has 0 N–H and O–H groups in total. The summed E-state index contributed by atoms with van der Waals surface area (Å²) in [5.74, 6) is 1.00. The smallest absolute Gasteiger partial charge is 0.134 e. The second-order valence-electron chi connectivity index (χ2n) is 11.5. The Labute approximate surface area is 195 Å². The van der Waals surface area contributed by atoms with Gasteiger partial charge in [-0.1, -0.05) is 58.9 Å². The van der Waals surface area contributed by atoms with E-state index in [1.807, 2.05) is 17.5 Å². The summed E-state index contributed by atoms with van der Waals surface area (Å²) >= 11 is 1.90. The van der Waals surface area contributed by atoms with Gasteiger partial charge in [-0.2, -0.15) is 0 Å². The zero-order chi connectivity index (χ0) is 23.1. The highest BCUT2D eigenvalue weighted by Gasteiger charge is 2.50. The number of hydrogen-bond acceptors (Lipinski definition) is 3. The summed E-state index contributed by atoms with van der Waals surface area (Å²) in [5, 5.41) is 3.85. The molecule has 3 heterocycles. The van der Waals surface area contributed by atoms with Gasteiger partial charge in [-0.25, -0.2) is 0 Å². The van der Waals surface area contributed by atoms with E-state index in [9.17, 15) is 0 Å². The molecule has 5 rings (SSSR count). The summed E-state index contributed by atoms with van der Waals surface area (Å²) < 4.78 is 8.01. The highest BCUT2D eigenvalue weighted by Crippen LogP contribution is 2.56. The molecule has 0 amide bonds. The molecule has 0 unspecified atom stereocenters. The Balaban J connectivity index is 1.84. The van der Waals surface area contributed by atoms with Crippen molar-refractivity contribution in [2.45, 2.75) is 72.8 Å². The van der Waals surface area contributed by atoms with Crippen LogP contribution in [0.15, 0.2) is 42.6 Å². The number of nitrogens with zero attached hydrogens (tertiary/aromatic N) is 1. The van der Waals surface area contributed by atoms with Gasteiger partial charge in [-0.3, -0.25) is 4.98 Å². The Morgan fingerprint density at radius 2 is 1.72 bits per heavy atom. The lowest BCUT2D eigenvalue weighted by Crippen LogP contribution is -2.42. The fourth-order valence-electron chi connectivity index (χ4n) is 4.95. The first-order valence-electron chi connectivity index (χ1n) is 11.5. The number of fused-ring (bicyclic) bond motifs is 4. The van der Waals surface area contributed by atoms with Crippen molar-refractivity contribution in [1.29, 1.82) is 0 Å². The highest BCUT2D eigenvalue weighted by molar-refractivity contribution is 7.19. The van der Waals surface area contributed by atoms with E-state index in [1.165, 1.54) is 36.9 Å².